The van der Waals surface area contributed by atoms with Gasteiger partial charge in [-0.1, -0.05) is 29.8 Å². The summed E-state index contributed by atoms with van der Waals surface area (Å²) in [6.45, 7) is 2.87. The van der Waals surface area contributed by atoms with Gasteiger partial charge in [-0.05, 0) is 43.2 Å². The fourth-order valence-electron chi connectivity index (χ4n) is 4.06. The Kier molecular flexibility index (Phi) is 6.09. The summed E-state index contributed by atoms with van der Waals surface area (Å²) in [5.74, 6) is -0.187. The van der Waals surface area contributed by atoms with Gasteiger partial charge in [0.15, 0.2) is 5.43 Å². The molecule has 0 atom stereocenters. The van der Waals surface area contributed by atoms with Gasteiger partial charge in [0, 0.05) is 60.3 Å². The second-order valence-electron chi connectivity index (χ2n) is 7.85. The van der Waals surface area contributed by atoms with Crippen molar-refractivity contribution in [2.75, 3.05) is 13.1 Å². The van der Waals surface area contributed by atoms with Crippen LogP contribution in [-0.4, -0.2) is 34.4 Å². The van der Waals surface area contributed by atoms with Crippen LogP contribution in [0.15, 0.2) is 59.5 Å². The highest BCUT2D eigenvalue weighted by molar-refractivity contribution is 6.31. The van der Waals surface area contributed by atoms with Crippen LogP contribution in [0.4, 0.5) is 0 Å². The number of nitrogens with zero attached hydrogens (tertiary/aromatic N) is 2. The number of amides is 2. The smallest absolute Gasteiger partial charge is 0.223 e. The Balaban J connectivity index is 1.59. The number of para-hydroxylation sites is 1. The normalized spacial score (nSPS) is 14.6. The fraction of sp³-hybridized carbons (Fsp3) is 0.292. The maximum absolute atomic E-state index is 13.1. The number of nitrogens with one attached hydrogen (secondary N) is 1. The number of likely N-dealkylation sites (tertiary alicyclic amines) is 1. The van der Waals surface area contributed by atoms with E-state index in [0.29, 0.717) is 41.9 Å². The zero-order valence-electron chi connectivity index (χ0n) is 17.3. The van der Waals surface area contributed by atoms with Gasteiger partial charge in [0.05, 0.1) is 5.52 Å². The van der Waals surface area contributed by atoms with Crippen molar-refractivity contribution in [1.29, 1.82) is 0 Å². The minimum atomic E-state index is -0.147. The second kappa shape index (κ2) is 8.94. The lowest BCUT2D eigenvalue weighted by Crippen LogP contribution is -2.42. The number of piperidine rings is 1. The number of hydrogen-bond acceptors (Lipinski definition) is 3. The van der Waals surface area contributed by atoms with Crippen LogP contribution < -0.4 is 10.7 Å². The molecule has 2 heterocycles. The second-order valence-corrected chi connectivity index (χ2v) is 8.29. The van der Waals surface area contributed by atoms with Gasteiger partial charge in [-0.3, -0.25) is 14.4 Å². The van der Waals surface area contributed by atoms with E-state index in [4.69, 9.17) is 11.6 Å². The van der Waals surface area contributed by atoms with Crippen molar-refractivity contribution in [1.82, 2.24) is 14.8 Å². The molecule has 1 saturated heterocycles. The van der Waals surface area contributed by atoms with E-state index >= 15 is 0 Å². The van der Waals surface area contributed by atoms with Crippen LogP contribution >= 0.6 is 11.6 Å². The Hall–Kier alpha value is -3.12. The molecule has 0 bridgehead atoms. The molecule has 0 saturated carbocycles. The molecule has 31 heavy (non-hydrogen) atoms. The van der Waals surface area contributed by atoms with Crippen LogP contribution in [0.3, 0.4) is 0 Å². The van der Waals surface area contributed by atoms with Crippen LogP contribution in [0.5, 0.6) is 0 Å². The van der Waals surface area contributed by atoms with Crippen LogP contribution in [0, 0.1) is 5.92 Å². The molecular weight excluding hydrogens is 414 g/mol. The first kappa shape index (κ1) is 21.1. The molecule has 0 radical (unpaired) electrons. The maximum atomic E-state index is 13.1. The third-order valence-corrected chi connectivity index (χ3v) is 6.07. The first-order valence-corrected chi connectivity index (χ1v) is 10.7. The predicted octanol–water partition coefficient (Wildman–Crippen LogP) is 3.52. The Bertz CT molecular complexity index is 1180. The molecule has 4 rings (SSSR count). The molecule has 1 aromatic heterocycles. The highest BCUT2D eigenvalue weighted by Gasteiger charge is 2.26. The van der Waals surface area contributed by atoms with E-state index < -0.39 is 0 Å². The Morgan fingerprint density at radius 2 is 1.81 bits per heavy atom. The quantitative estimate of drug-likeness (QED) is 0.678. The average molecular weight is 438 g/mol. The van der Waals surface area contributed by atoms with Gasteiger partial charge in [0.2, 0.25) is 11.8 Å². The Morgan fingerprint density at radius 1 is 1.10 bits per heavy atom. The molecule has 0 spiro atoms. The fourth-order valence-corrected chi connectivity index (χ4v) is 4.23. The molecule has 0 unspecified atom stereocenters. The molecule has 6 nitrogen and oxygen atoms in total. The van der Waals surface area contributed by atoms with Crippen LogP contribution in [0.1, 0.15) is 25.3 Å². The molecular formula is C24H24ClN3O3. The number of halogens is 1. The minimum absolute atomic E-state index is 0.0385. The van der Waals surface area contributed by atoms with E-state index in [1.54, 1.807) is 36.2 Å². The van der Waals surface area contributed by atoms with E-state index in [9.17, 15) is 14.4 Å². The number of carbonyl (C=O) groups is 2. The molecule has 1 aliphatic heterocycles. The summed E-state index contributed by atoms with van der Waals surface area (Å²) >= 11 is 6.19. The SMILES string of the molecule is CC(=O)N1CCC(C(=O)NCc2cn(-c3ccccc3)c3cc(Cl)ccc3c2=O)CC1. The largest absolute Gasteiger partial charge is 0.352 e. The van der Waals surface area contributed by atoms with Gasteiger partial charge in [-0.25, -0.2) is 0 Å². The third-order valence-electron chi connectivity index (χ3n) is 5.84. The molecule has 2 aromatic carbocycles. The Labute approximate surface area is 185 Å². The van der Waals surface area contributed by atoms with Crippen LogP contribution in [-0.2, 0) is 16.1 Å². The number of carbonyl (C=O) groups excluding carboxylic acids is 2. The van der Waals surface area contributed by atoms with Crippen molar-refractivity contribution >= 4 is 34.3 Å². The van der Waals surface area contributed by atoms with Crippen molar-refractivity contribution in [2.45, 2.75) is 26.3 Å². The molecule has 160 valence electrons. The number of benzene rings is 2. The number of rotatable bonds is 4. The Morgan fingerprint density at radius 3 is 2.48 bits per heavy atom. The summed E-state index contributed by atoms with van der Waals surface area (Å²) in [6, 6.07) is 14.9. The zero-order valence-corrected chi connectivity index (χ0v) is 18.1. The van der Waals surface area contributed by atoms with Crippen LogP contribution in [0.2, 0.25) is 5.02 Å². The highest BCUT2D eigenvalue weighted by atomic mass is 35.5. The van der Waals surface area contributed by atoms with E-state index in [2.05, 4.69) is 5.32 Å². The monoisotopic (exact) mass is 437 g/mol. The van der Waals surface area contributed by atoms with Crippen molar-refractivity contribution in [2.24, 2.45) is 5.92 Å². The average Bonchev–Trinajstić information content (AvgIpc) is 2.79. The summed E-state index contributed by atoms with van der Waals surface area (Å²) in [5.41, 5.74) is 2.01. The van der Waals surface area contributed by atoms with E-state index in [1.807, 2.05) is 34.9 Å². The standard InChI is InChI=1S/C24H24ClN3O3/c1-16(29)27-11-9-17(10-12-27)24(31)26-14-18-15-28(20-5-3-2-4-6-20)22-13-19(25)7-8-21(22)23(18)30/h2-8,13,15,17H,9-12,14H2,1H3,(H,26,31). The number of pyridine rings is 1. The molecule has 1 aliphatic rings. The van der Waals surface area contributed by atoms with E-state index in [-0.39, 0.29) is 29.7 Å². The lowest BCUT2D eigenvalue weighted by Gasteiger charge is -2.30. The summed E-state index contributed by atoms with van der Waals surface area (Å²) in [7, 11) is 0. The lowest BCUT2D eigenvalue weighted by atomic mass is 9.96. The topological polar surface area (TPSA) is 71.4 Å². The van der Waals surface area contributed by atoms with E-state index in [1.165, 1.54) is 0 Å². The predicted molar refractivity (Wildman–Crippen MR) is 121 cm³/mol. The summed E-state index contributed by atoms with van der Waals surface area (Å²) < 4.78 is 1.93. The minimum Gasteiger partial charge on any atom is -0.352 e. The van der Waals surface area contributed by atoms with Gasteiger partial charge in [0.25, 0.3) is 0 Å². The summed E-state index contributed by atoms with van der Waals surface area (Å²) in [4.78, 5) is 39.0. The van der Waals surface area contributed by atoms with Gasteiger partial charge < -0.3 is 14.8 Å². The zero-order chi connectivity index (χ0) is 22.0. The van der Waals surface area contributed by atoms with E-state index in [0.717, 1.165) is 11.2 Å². The molecule has 2 amide bonds. The molecule has 0 aliphatic carbocycles. The van der Waals surface area contributed by atoms with Gasteiger partial charge in [-0.15, -0.1) is 0 Å². The first-order valence-electron chi connectivity index (χ1n) is 10.4. The van der Waals surface area contributed by atoms with Crippen molar-refractivity contribution < 1.29 is 9.59 Å². The van der Waals surface area contributed by atoms with Gasteiger partial charge in [-0.2, -0.15) is 0 Å². The number of hydrogen-bond donors (Lipinski definition) is 1. The first-order chi connectivity index (χ1) is 14.9. The lowest BCUT2D eigenvalue weighted by molar-refractivity contribution is -0.134. The van der Waals surface area contributed by atoms with Crippen LogP contribution in [0.25, 0.3) is 16.6 Å². The van der Waals surface area contributed by atoms with Crippen molar-refractivity contribution in [3.05, 3.63) is 75.5 Å². The molecule has 3 aromatic rings. The van der Waals surface area contributed by atoms with Gasteiger partial charge in [0.1, 0.15) is 0 Å². The number of aromatic nitrogens is 1. The summed E-state index contributed by atoms with van der Waals surface area (Å²) in [6.07, 6.45) is 3.04. The third kappa shape index (κ3) is 4.49. The van der Waals surface area contributed by atoms with Crippen molar-refractivity contribution in [3.63, 3.8) is 0 Å². The maximum Gasteiger partial charge on any atom is 0.223 e. The van der Waals surface area contributed by atoms with Crippen molar-refractivity contribution in [3.8, 4) is 5.69 Å². The molecule has 7 heteroatoms. The summed E-state index contributed by atoms with van der Waals surface area (Å²) in [5, 5.41) is 4.03. The highest BCUT2D eigenvalue weighted by Crippen LogP contribution is 2.22. The molecule has 1 N–H and O–H groups in total. The number of fused-ring (bicyclic) bond motifs is 1. The van der Waals surface area contributed by atoms with Gasteiger partial charge >= 0.3 is 0 Å². The molecule has 1 fully saturated rings.